The van der Waals surface area contributed by atoms with Gasteiger partial charge in [-0.15, -0.1) is 6.58 Å². The molecular weight excluding hydrogens is 502 g/mol. The molecule has 2 rings (SSSR count). The van der Waals surface area contributed by atoms with Gasteiger partial charge in [0.05, 0.1) is 12.7 Å². The van der Waals surface area contributed by atoms with Crippen LogP contribution in [0.1, 0.15) is 86.5 Å². The van der Waals surface area contributed by atoms with Gasteiger partial charge in [0, 0.05) is 18.4 Å². The molecule has 5 atom stereocenters. The van der Waals surface area contributed by atoms with Crippen molar-refractivity contribution in [1.29, 1.82) is 0 Å². The minimum atomic E-state index is -1.39. The number of esters is 1. The molecule has 2 aliphatic rings. The topological polar surface area (TPSA) is 134 Å². The number of nitrogens with one attached hydrogen (secondary N) is 2. The highest BCUT2D eigenvalue weighted by molar-refractivity contribution is 5.95. The number of aliphatic hydroxyl groups is 1. The largest absolute Gasteiger partial charge is 0.464 e. The van der Waals surface area contributed by atoms with Crippen molar-refractivity contribution >= 4 is 23.9 Å². The number of rotatable bonds is 13. The predicted octanol–water partition coefficient (Wildman–Crippen LogP) is 3.38. The second-order valence-corrected chi connectivity index (χ2v) is 12.0. The second kappa shape index (κ2) is 13.0. The number of likely N-dealkylation sites (tertiary alicyclic amines) is 1. The molecule has 0 bridgehead atoms. The number of carbonyl (C=O) groups is 4. The van der Waals surface area contributed by atoms with Gasteiger partial charge in [-0.3, -0.25) is 9.59 Å². The fraction of sp³-hybridized carbons (Fsp3) is 0.724. The highest BCUT2D eigenvalue weighted by Gasteiger charge is 2.62. The molecular formula is C29H47N3O7. The molecule has 0 aromatic carbocycles. The van der Waals surface area contributed by atoms with Gasteiger partial charge in [-0.2, -0.15) is 0 Å². The van der Waals surface area contributed by atoms with Crippen molar-refractivity contribution in [3.05, 3.63) is 24.8 Å². The molecule has 0 radical (unpaired) electrons. The number of allylic oxidation sites excluding steroid dienone is 1. The van der Waals surface area contributed by atoms with Crippen LogP contribution in [0.5, 0.6) is 0 Å². The lowest BCUT2D eigenvalue weighted by atomic mass is 9.82. The third kappa shape index (κ3) is 8.06. The SMILES string of the molecule is C=CCCCCC[C@@H](NC(=O)OC(C)(C)C)C(=O)N1C[C@@H](O)C[C@H]1C(=O)N[C@@](C)(C(=O)OCC)[C@]1(C)CC1=C. The van der Waals surface area contributed by atoms with Crippen LogP contribution in [0.4, 0.5) is 4.79 Å². The molecule has 0 unspecified atom stereocenters. The Morgan fingerprint density at radius 2 is 1.85 bits per heavy atom. The smallest absolute Gasteiger partial charge is 0.408 e. The van der Waals surface area contributed by atoms with Crippen LogP contribution < -0.4 is 10.6 Å². The molecule has 10 heteroatoms. The van der Waals surface area contributed by atoms with Crippen LogP contribution in [0, 0.1) is 5.41 Å². The van der Waals surface area contributed by atoms with E-state index in [-0.39, 0.29) is 19.6 Å². The van der Waals surface area contributed by atoms with Crippen LogP contribution in [0.2, 0.25) is 0 Å². The first-order valence-corrected chi connectivity index (χ1v) is 13.9. The Morgan fingerprint density at radius 3 is 2.38 bits per heavy atom. The fourth-order valence-electron chi connectivity index (χ4n) is 4.96. The minimum Gasteiger partial charge on any atom is -0.464 e. The second-order valence-electron chi connectivity index (χ2n) is 12.0. The molecule has 39 heavy (non-hydrogen) atoms. The Labute approximate surface area is 232 Å². The summed E-state index contributed by atoms with van der Waals surface area (Å²) >= 11 is 0. The fourth-order valence-corrected chi connectivity index (χ4v) is 4.96. The standard InChI is InChI=1S/C29H47N3O7/c1-9-11-12-13-14-15-21(30-26(37)39-27(4,5)6)24(35)32-18-20(33)16-22(32)23(34)31-29(8,25(36)38-10-2)28(7)17-19(28)3/h9,20-22,33H,1,3,10-18H2,2,4-8H3,(H,30,37)(H,31,34)/t20-,21+,22-,28+,29-/m0/s1. The number of nitrogens with zero attached hydrogens (tertiary/aromatic N) is 1. The van der Waals surface area contributed by atoms with Gasteiger partial charge in [0.25, 0.3) is 0 Å². The molecule has 1 aliphatic carbocycles. The summed E-state index contributed by atoms with van der Waals surface area (Å²) < 4.78 is 10.7. The first kappa shape index (κ1) is 32.3. The van der Waals surface area contributed by atoms with Crippen molar-refractivity contribution in [2.75, 3.05) is 13.2 Å². The number of amides is 3. The van der Waals surface area contributed by atoms with E-state index in [2.05, 4.69) is 23.8 Å². The molecule has 0 spiro atoms. The molecule has 3 amide bonds. The molecule has 10 nitrogen and oxygen atoms in total. The van der Waals surface area contributed by atoms with Crippen molar-refractivity contribution in [3.63, 3.8) is 0 Å². The van der Waals surface area contributed by atoms with Gasteiger partial charge < -0.3 is 30.1 Å². The van der Waals surface area contributed by atoms with E-state index in [0.29, 0.717) is 19.3 Å². The van der Waals surface area contributed by atoms with Crippen LogP contribution in [0.15, 0.2) is 24.8 Å². The summed E-state index contributed by atoms with van der Waals surface area (Å²) in [4.78, 5) is 54.2. The molecule has 1 aliphatic heterocycles. The summed E-state index contributed by atoms with van der Waals surface area (Å²) in [5.74, 6) is -1.64. The molecule has 0 aromatic rings. The Kier molecular flexibility index (Phi) is 10.8. The lowest BCUT2D eigenvalue weighted by molar-refractivity contribution is -0.156. The van der Waals surface area contributed by atoms with E-state index >= 15 is 0 Å². The maximum atomic E-state index is 13.7. The van der Waals surface area contributed by atoms with Crippen LogP contribution in [-0.4, -0.2) is 76.4 Å². The normalized spacial score (nSPS) is 24.8. The average Bonchev–Trinajstić information content (AvgIpc) is 3.27. The van der Waals surface area contributed by atoms with Crippen molar-refractivity contribution in [2.24, 2.45) is 5.41 Å². The Hall–Kier alpha value is -2.88. The van der Waals surface area contributed by atoms with Crippen molar-refractivity contribution in [2.45, 2.75) is 116 Å². The maximum absolute atomic E-state index is 13.7. The number of unbranched alkanes of at least 4 members (excludes halogenated alkanes) is 3. The quantitative estimate of drug-likeness (QED) is 0.182. The number of β-amino-alcohol motifs (C(OH)–C–C–N with tert-alkyl or cyclic N) is 1. The Bertz CT molecular complexity index is 959. The Morgan fingerprint density at radius 1 is 1.21 bits per heavy atom. The summed E-state index contributed by atoms with van der Waals surface area (Å²) in [6.45, 7) is 18.1. The summed E-state index contributed by atoms with van der Waals surface area (Å²) in [6.07, 6.45) is 4.31. The molecule has 0 aromatic heterocycles. The lowest BCUT2D eigenvalue weighted by Crippen LogP contribution is -2.62. The number of carbonyl (C=O) groups excluding carboxylic acids is 4. The molecule has 220 valence electrons. The number of aliphatic hydroxyl groups excluding tert-OH is 1. The van der Waals surface area contributed by atoms with E-state index in [9.17, 15) is 24.3 Å². The number of ether oxygens (including phenoxy) is 2. The van der Waals surface area contributed by atoms with E-state index in [0.717, 1.165) is 24.8 Å². The zero-order valence-corrected chi connectivity index (χ0v) is 24.4. The first-order valence-electron chi connectivity index (χ1n) is 13.9. The highest BCUT2D eigenvalue weighted by atomic mass is 16.6. The summed E-state index contributed by atoms with van der Waals surface area (Å²) in [5.41, 5.74) is -2.02. The Balaban J connectivity index is 2.25. The van der Waals surface area contributed by atoms with Crippen molar-refractivity contribution in [3.8, 4) is 0 Å². The molecule has 1 saturated carbocycles. The van der Waals surface area contributed by atoms with Crippen LogP contribution in [-0.2, 0) is 23.9 Å². The summed E-state index contributed by atoms with van der Waals surface area (Å²) in [5, 5.41) is 16.0. The first-order chi connectivity index (χ1) is 18.1. The minimum absolute atomic E-state index is 0.00658. The number of hydrogen-bond acceptors (Lipinski definition) is 7. The monoisotopic (exact) mass is 549 g/mol. The van der Waals surface area contributed by atoms with Gasteiger partial charge in [-0.25, -0.2) is 9.59 Å². The molecule has 3 N–H and O–H groups in total. The lowest BCUT2D eigenvalue weighted by Gasteiger charge is -2.36. The van der Waals surface area contributed by atoms with Gasteiger partial charge in [0.1, 0.15) is 23.2 Å². The van der Waals surface area contributed by atoms with Crippen LogP contribution in [0.25, 0.3) is 0 Å². The summed E-state index contributed by atoms with van der Waals surface area (Å²) in [7, 11) is 0. The maximum Gasteiger partial charge on any atom is 0.408 e. The molecule has 1 saturated heterocycles. The number of alkyl carbamates (subject to hydrolysis) is 1. The van der Waals surface area contributed by atoms with Crippen LogP contribution in [0.3, 0.4) is 0 Å². The third-order valence-electron chi connectivity index (χ3n) is 7.64. The van der Waals surface area contributed by atoms with Gasteiger partial charge >= 0.3 is 12.1 Å². The average molecular weight is 550 g/mol. The highest BCUT2D eigenvalue weighted by Crippen LogP contribution is 2.58. The van der Waals surface area contributed by atoms with Crippen molar-refractivity contribution in [1.82, 2.24) is 15.5 Å². The van der Waals surface area contributed by atoms with E-state index in [1.807, 2.05) is 13.0 Å². The van der Waals surface area contributed by atoms with E-state index in [1.165, 1.54) is 4.90 Å². The van der Waals surface area contributed by atoms with Gasteiger partial charge in [0.15, 0.2) is 0 Å². The van der Waals surface area contributed by atoms with E-state index < -0.39 is 58.6 Å². The van der Waals surface area contributed by atoms with E-state index in [4.69, 9.17) is 9.47 Å². The van der Waals surface area contributed by atoms with Gasteiger partial charge in [0.2, 0.25) is 11.8 Å². The molecule has 2 fully saturated rings. The summed E-state index contributed by atoms with van der Waals surface area (Å²) in [6, 6.07) is -1.97. The van der Waals surface area contributed by atoms with Crippen molar-refractivity contribution < 1.29 is 33.8 Å². The number of hydrogen-bond donors (Lipinski definition) is 3. The molecule has 1 heterocycles. The van der Waals surface area contributed by atoms with Crippen LogP contribution >= 0.6 is 0 Å². The third-order valence-corrected chi connectivity index (χ3v) is 7.64. The van der Waals surface area contributed by atoms with Gasteiger partial charge in [-0.1, -0.05) is 38.0 Å². The zero-order chi connectivity index (χ0) is 29.6. The van der Waals surface area contributed by atoms with E-state index in [1.54, 1.807) is 34.6 Å². The van der Waals surface area contributed by atoms with Gasteiger partial charge in [-0.05, 0) is 60.3 Å². The predicted molar refractivity (Wildman–Crippen MR) is 148 cm³/mol. The zero-order valence-electron chi connectivity index (χ0n) is 24.4.